The molecule has 0 unspecified atom stereocenters. The van der Waals surface area contributed by atoms with Gasteiger partial charge in [0.25, 0.3) is 5.88 Å². The van der Waals surface area contributed by atoms with Gasteiger partial charge in [-0.15, -0.1) is 10.2 Å². The molecule has 0 N–H and O–H groups in total. The molecule has 0 atom stereocenters. The third-order valence-corrected chi connectivity index (χ3v) is 1.64. The quantitative estimate of drug-likeness (QED) is 0.680. The first-order valence-corrected chi connectivity index (χ1v) is 4.19. The number of ether oxygens (including phenoxy) is 1. The van der Waals surface area contributed by atoms with Crippen molar-refractivity contribution in [3.8, 4) is 5.88 Å². The zero-order chi connectivity index (χ0) is 10.7. The summed E-state index contributed by atoms with van der Waals surface area (Å²) in [6.45, 7) is 0. The molecule has 1 rings (SSSR count). The smallest absolute Gasteiger partial charge is 0.276 e. The second kappa shape index (κ2) is 4.08. The SMILES string of the molecule is COc1nnc(N(C)C)nc1N(C)C. The summed E-state index contributed by atoms with van der Waals surface area (Å²) in [5.41, 5.74) is 0. The molecule has 1 heterocycles. The van der Waals surface area contributed by atoms with E-state index < -0.39 is 0 Å². The Morgan fingerprint density at radius 3 is 2.07 bits per heavy atom. The van der Waals surface area contributed by atoms with E-state index in [2.05, 4.69) is 15.2 Å². The highest BCUT2D eigenvalue weighted by Crippen LogP contribution is 2.21. The van der Waals surface area contributed by atoms with Gasteiger partial charge in [-0.1, -0.05) is 0 Å². The van der Waals surface area contributed by atoms with E-state index in [1.807, 2.05) is 33.1 Å². The molecule has 1 aromatic rings. The fourth-order valence-electron chi connectivity index (χ4n) is 0.913. The molecule has 0 aliphatic carbocycles. The van der Waals surface area contributed by atoms with Crippen LogP contribution in [-0.4, -0.2) is 50.5 Å². The maximum atomic E-state index is 5.05. The maximum absolute atomic E-state index is 5.05. The lowest BCUT2D eigenvalue weighted by molar-refractivity contribution is 0.390. The van der Waals surface area contributed by atoms with Crippen molar-refractivity contribution in [3.05, 3.63) is 0 Å². The standard InChI is InChI=1S/C8H15N5O/c1-12(2)6-7(14-5)10-11-8(9-6)13(3)4/h1-5H3. The van der Waals surface area contributed by atoms with Gasteiger partial charge in [0.15, 0.2) is 5.82 Å². The molecule has 0 saturated carbocycles. The molecular formula is C8H15N5O. The van der Waals surface area contributed by atoms with Crippen LogP contribution in [0.5, 0.6) is 5.88 Å². The van der Waals surface area contributed by atoms with Crippen LogP contribution >= 0.6 is 0 Å². The van der Waals surface area contributed by atoms with Gasteiger partial charge < -0.3 is 14.5 Å². The Kier molecular flexibility index (Phi) is 3.06. The number of hydrogen-bond donors (Lipinski definition) is 0. The average Bonchev–Trinajstić information content (AvgIpc) is 2.16. The molecule has 0 amide bonds. The lowest BCUT2D eigenvalue weighted by Gasteiger charge is -2.16. The van der Waals surface area contributed by atoms with E-state index in [4.69, 9.17) is 4.74 Å². The van der Waals surface area contributed by atoms with Crippen LogP contribution in [0.25, 0.3) is 0 Å². The molecule has 0 fully saturated rings. The molecular weight excluding hydrogens is 182 g/mol. The monoisotopic (exact) mass is 197 g/mol. The van der Waals surface area contributed by atoms with Crippen molar-refractivity contribution in [2.45, 2.75) is 0 Å². The van der Waals surface area contributed by atoms with Crippen molar-refractivity contribution in [2.75, 3.05) is 45.1 Å². The highest BCUT2D eigenvalue weighted by molar-refractivity contribution is 5.49. The van der Waals surface area contributed by atoms with Gasteiger partial charge in [-0.2, -0.15) is 4.98 Å². The molecule has 0 aliphatic rings. The van der Waals surface area contributed by atoms with Crippen LogP contribution in [0.3, 0.4) is 0 Å². The van der Waals surface area contributed by atoms with Crippen LogP contribution in [0.2, 0.25) is 0 Å². The molecule has 6 nitrogen and oxygen atoms in total. The molecule has 14 heavy (non-hydrogen) atoms. The summed E-state index contributed by atoms with van der Waals surface area (Å²) in [7, 11) is 9.04. The van der Waals surface area contributed by atoms with Crippen LogP contribution in [0, 0.1) is 0 Å². The summed E-state index contributed by atoms with van der Waals surface area (Å²) in [4.78, 5) is 7.92. The van der Waals surface area contributed by atoms with Gasteiger partial charge in [-0.3, -0.25) is 0 Å². The largest absolute Gasteiger partial charge is 0.477 e. The second-order valence-corrected chi connectivity index (χ2v) is 3.23. The molecule has 0 radical (unpaired) electrons. The van der Waals surface area contributed by atoms with Crippen molar-refractivity contribution in [2.24, 2.45) is 0 Å². The normalized spacial score (nSPS) is 9.79. The molecule has 1 aromatic heterocycles. The van der Waals surface area contributed by atoms with E-state index in [9.17, 15) is 0 Å². The lowest BCUT2D eigenvalue weighted by Crippen LogP contribution is -2.18. The van der Waals surface area contributed by atoms with Gasteiger partial charge in [0, 0.05) is 28.2 Å². The summed E-state index contributed by atoms with van der Waals surface area (Å²) < 4.78 is 5.05. The fraction of sp³-hybridized carbons (Fsp3) is 0.625. The first-order chi connectivity index (χ1) is 6.56. The Hall–Kier alpha value is -1.59. The minimum Gasteiger partial charge on any atom is -0.477 e. The number of methoxy groups -OCH3 is 1. The van der Waals surface area contributed by atoms with E-state index in [1.165, 1.54) is 0 Å². The van der Waals surface area contributed by atoms with Crippen LogP contribution < -0.4 is 14.5 Å². The van der Waals surface area contributed by atoms with Crippen molar-refractivity contribution >= 4 is 11.8 Å². The van der Waals surface area contributed by atoms with Crippen molar-refractivity contribution < 1.29 is 4.74 Å². The molecule has 0 spiro atoms. The third kappa shape index (κ3) is 2.01. The molecule has 0 saturated heterocycles. The second-order valence-electron chi connectivity index (χ2n) is 3.23. The minimum atomic E-state index is 0.431. The van der Waals surface area contributed by atoms with E-state index in [0.29, 0.717) is 17.6 Å². The summed E-state index contributed by atoms with van der Waals surface area (Å²) in [6, 6.07) is 0. The van der Waals surface area contributed by atoms with Crippen molar-refractivity contribution in [3.63, 3.8) is 0 Å². The third-order valence-electron chi connectivity index (χ3n) is 1.64. The number of rotatable bonds is 3. The van der Waals surface area contributed by atoms with E-state index >= 15 is 0 Å². The Morgan fingerprint density at radius 1 is 1.00 bits per heavy atom. The van der Waals surface area contributed by atoms with E-state index in [-0.39, 0.29) is 0 Å². The van der Waals surface area contributed by atoms with Crippen molar-refractivity contribution in [1.29, 1.82) is 0 Å². The molecule has 6 heteroatoms. The van der Waals surface area contributed by atoms with E-state index in [1.54, 1.807) is 12.0 Å². The van der Waals surface area contributed by atoms with Gasteiger partial charge in [-0.25, -0.2) is 0 Å². The first kappa shape index (κ1) is 10.5. The maximum Gasteiger partial charge on any atom is 0.276 e. The fourth-order valence-corrected chi connectivity index (χ4v) is 0.913. The Morgan fingerprint density at radius 2 is 1.64 bits per heavy atom. The van der Waals surface area contributed by atoms with E-state index in [0.717, 1.165) is 0 Å². The average molecular weight is 197 g/mol. The Bertz CT molecular complexity index is 313. The minimum absolute atomic E-state index is 0.431. The summed E-state index contributed by atoms with van der Waals surface area (Å²) in [5.74, 6) is 1.67. The van der Waals surface area contributed by atoms with Gasteiger partial charge in [-0.05, 0) is 0 Å². The van der Waals surface area contributed by atoms with Gasteiger partial charge in [0.1, 0.15) is 0 Å². The zero-order valence-corrected chi connectivity index (χ0v) is 9.14. The molecule has 78 valence electrons. The highest BCUT2D eigenvalue weighted by Gasteiger charge is 2.11. The topological polar surface area (TPSA) is 54.4 Å². The molecule has 0 aliphatic heterocycles. The van der Waals surface area contributed by atoms with Gasteiger partial charge in [0.2, 0.25) is 5.95 Å². The van der Waals surface area contributed by atoms with Crippen molar-refractivity contribution in [1.82, 2.24) is 15.2 Å². The number of anilines is 2. The number of hydrogen-bond acceptors (Lipinski definition) is 6. The van der Waals surface area contributed by atoms with Gasteiger partial charge in [0.05, 0.1) is 7.11 Å². The van der Waals surface area contributed by atoms with Crippen LogP contribution in [0.4, 0.5) is 11.8 Å². The summed E-state index contributed by atoms with van der Waals surface area (Å²) >= 11 is 0. The lowest BCUT2D eigenvalue weighted by atomic mass is 10.6. The predicted molar refractivity (Wildman–Crippen MR) is 55.0 cm³/mol. The van der Waals surface area contributed by atoms with Crippen LogP contribution in [0.1, 0.15) is 0 Å². The Labute approximate surface area is 83.5 Å². The molecule has 0 aromatic carbocycles. The van der Waals surface area contributed by atoms with Gasteiger partial charge >= 0.3 is 0 Å². The summed E-state index contributed by atoms with van der Waals surface area (Å²) in [5, 5.41) is 7.83. The van der Waals surface area contributed by atoms with Crippen LogP contribution in [-0.2, 0) is 0 Å². The molecule has 0 bridgehead atoms. The number of nitrogens with zero attached hydrogens (tertiary/aromatic N) is 5. The highest BCUT2D eigenvalue weighted by atomic mass is 16.5. The zero-order valence-electron chi connectivity index (χ0n) is 9.14. The predicted octanol–water partition coefficient (Wildman–Crippen LogP) is 0.0122. The van der Waals surface area contributed by atoms with Crippen LogP contribution in [0.15, 0.2) is 0 Å². The first-order valence-electron chi connectivity index (χ1n) is 4.19. The number of aromatic nitrogens is 3. The summed E-state index contributed by atoms with van der Waals surface area (Å²) in [6.07, 6.45) is 0. The Balaban J connectivity index is 3.14.